The topological polar surface area (TPSA) is 212 Å². The van der Waals surface area contributed by atoms with Gasteiger partial charge in [0.05, 0.1) is 0 Å². The van der Waals surface area contributed by atoms with Crippen LogP contribution in [0.5, 0.6) is 0 Å². The van der Waals surface area contributed by atoms with Gasteiger partial charge in [-0.15, -0.1) is 23.1 Å². The summed E-state index contributed by atoms with van der Waals surface area (Å²) in [5.41, 5.74) is 5.73. The van der Waals surface area contributed by atoms with Crippen LogP contribution in [0.3, 0.4) is 0 Å². The van der Waals surface area contributed by atoms with E-state index in [1.54, 1.807) is 0 Å². The van der Waals surface area contributed by atoms with Gasteiger partial charge in [0.15, 0.2) is 10.8 Å². The molecule has 2 amide bonds. The number of rotatable bonds is 12. The third kappa shape index (κ3) is 6.46. The van der Waals surface area contributed by atoms with Gasteiger partial charge in [-0.1, -0.05) is 5.16 Å². The van der Waals surface area contributed by atoms with Crippen LogP contribution in [0.25, 0.3) is 0 Å². The van der Waals surface area contributed by atoms with Crippen molar-refractivity contribution in [2.75, 3.05) is 36.2 Å². The van der Waals surface area contributed by atoms with Crippen LogP contribution in [0.4, 0.5) is 5.13 Å². The van der Waals surface area contributed by atoms with Crippen molar-refractivity contribution >= 4 is 75.7 Å². The summed E-state index contributed by atoms with van der Waals surface area (Å²) in [7, 11) is 0. The number of esters is 1. The number of hydrogen-bond donors (Lipinski definition) is 4. The van der Waals surface area contributed by atoms with Crippen molar-refractivity contribution in [1.82, 2.24) is 15.2 Å². The molecule has 1 aromatic heterocycles. The maximum absolute atomic E-state index is 13.0. The quantitative estimate of drug-likeness (QED) is 0.0635. The molecule has 0 radical (unpaired) electrons. The fourth-order valence-electron chi connectivity index (χ4n) is 3.18. The van der Waals surface area contributed by atoms with Crippen LogP contribution in [0.2, 0.25) is 0 Å². The summed E-state index contributed by atoms with van der Waals surface area (Å²) in [4.78, 5) is 59.3. The monoisotopic (exact) mass is 557 g/mol. The number of ether oxygens (including phenoxy) is 1. The van der Waals surface area contributed by atoms with Gasteiger partial charge >= 0.3 is 11.9 Å². The van der Waals surface area contributed by atoms with Gasteiger partial charge in [0.1, 0.15) is 36.0 Å². The second kappa shape index (κ2) is 12.6. The average molecular weight is 558 g/mol. The number of nitrogen functional groups attached to an aromatic ring is 1. The molecule has 3 heterocycles. The number of thioether (sulfide) groups is 2. The summed E-state index contributed by atoms with van der Waals surface area (Å²) in [6, 6.07) is -1.00. The van der Waals surface area contributed by atoms with Crippen molar-refractivity contribution in [3.63, 3.8) is 0 Å². The van der Waals surface area contributed by atoms with Crippen LogP contribution in [0.1, 0.15) is 12.6 Å². The fourth-order valence-corrected chi connectivity index (χ4v) is 5.60. The summed E-state index contributed by atoms with van der Waals surface area (Å²) >= 11 is 3.84. The minimum absolute atomic E-state index is 0.173. The molecular weight excluding hydrogens is 534 g/mol. The predicted molar refractivity (Wildman–Crippen MR) is 135 cm³/mol. The molecule has 0 spiro atoms. The molecule has 1 saturated heterocycles. The predicted octanol–water partition coefficient (Wildman–Crippen LogP) is -0.575. The van der Waals surface area contributed by atoms with Gasteiger partial charge in [0.25, 0.3) is 11.8 Å². The highest BCUT2D eigenvalue weighted by Crippen LogP contribution is 2.40. The first-order valence-corrected chi connectivity index (χ1v) is 13.4. The standard InChI is InChI=1S/C19H23N7O7S3/c1-9(27)32-6-10-7-35-17-13(16(29)26(17)14(10)18(30)31)24-15(28)12(11-8-36-19(20)23-11)25-33-3-5-34-4-2-22-21/h2,8,13,17H,3-7,21H2,1H3,(H2,20,23)(H,24,28)(H,30,31)/t13?,17-/m1/s1. The highest BCUT2D eigenvalue weighted by molar-refractivity contribution is 8.00. The Morgan fingerprint density at radius 2 is 2.22 bits per heavy atom. The first-order chi connectivity index (χ1) is 17.2. The number of β-lactam (4-membered cyclic amide) rings is 1. The number of anilines is 1. The second-order valence-corrected chi connectivity index (χ2v) is 10.3. The van der Waals surface area contributed by atoms with E-state index in [0.717, 1.165) is 16.2 Å². The summed E-state index contributed by atoms with van der Waals surface area (Å²) in [6.07, 6.45) is 1.54. The number of aliphatic carboxylic acids is 1. The Labute approximate surface area is 217 Å². The van der Waals surface area contributed by atoms with E-state index in [2.05, 4.69) is 20.6 Å². The van der Waals surface area contributed by atoms with Crippen molar-refractivity contribution in [1.29, 1.82) is 0 Å². The molecule has 2 atom stereocenters. The van der Waals surface area contributed by atoms with Crippen LogP contribution in [-0.2, 0) is 28.8 Å². The lowest BCUT2D eigenvalue weighted by Crippen LogP contribution is -2.71. The van der Waals surface area contributed by atoms with Gasteiger partial charge in [-0.05, 0) is 0 Å². The van der Waals surface area contributed by atoms with Gasteiger partial charge in [0.2, 0.25) is 0 Å². The largest absolute Gasteiger partial charge is 0.477 e. The van der Waals surface area contributed by atoms with Crippen LogP contribution in [-0.4, -0.2) is 92.6 Å². The molecule has 14 nitrogen and oxygen atoms in total. The lowest BCUT2D eigenvalue weighted by Gasteiger charge is -2.49. The number of nitrogens with two attached hydrogens (primary N) is 2. The van der Waals surface area contributed by atoms with Crippen molar-refractivity contribution in [2.24, 2.45) is 16.1 Å². The Kier molecular flexibility index (Phi) is 9.54. The molecule has 1 unspecified atom stereocenters. The third-order valence-corrected chi connectivity index (χ3v) is 7.59. The van der Waals surface area contributed by atoms with Crippen LogP contribution in [0.15, 0.2) is 26.9 Å². The number of carboxylic acid groups (broad SMARTS) is 1. The van der Waals surface area contributed by atoms with E-state index in [4.69, 9.17) is 21.2 Å². The molecule has 36 heavy (non-hydrogen) atoms. The molecule has 0 bridgehead atoms. The Balaban J connectivity index is 1.70. The molecule has 1 aromatic rings. The zero-order chi connectivity index (χ0) is 26.2. The number of nitrogens with zero attached hydrogens (tertiary/aromatic N) is 4. The summed E-state index contributed by atoms with van der Waals surface area (Å²) in [5.74, 6) is 3.14. The van der Waals surface area contributed by atoms with Gasteiger partial charge in [-0.25, -0.2) is 9.78 Å². The number of carbonyl (C=O) groups is 4. The van der Waals surface area contributed by atoms with E-state index in [9.17, 15) is 24.3 Å². The number of thiazole rings is 1. The molecule has 2 aliphatic heterocycles. The molecule has 1 fully saturated rings. The second-order valence-electron chi connectivity index (χ2n) is 7.15. The van der Waals surface area contributed by atoms with Crippen LogP contribution in [0, 0.1) is 0 Å². The molecule has 6 N–H and O–H groups in total. The zero-order valence-electron chi connectivity index (χ0n) is 18.9. The zero-order valence-corrected chi connectivity index (χ0v) is 21.4. The van der Waals surface area contributed by atoms with Crippen LogP contribution >= 0.6 is 34.9 Å². The number of amides is 2. The lowest BCUT2D eigenvalue weighted by atomic mass is 10.0. The maximum Gasteiger partial charge on any atom is 0.352 e. The SMILES string of the molecule is CC(=O)OCC1=C(C(=O)O)N2C(=O)C(NC(=O)C(=NOCCSCC=NN)c3csc(N)n3)[C@H]2SC1. The number of hydrazone groups is 1. The van der Waals surface area contributed by atoms with Crippen molar-refractivity contribution in [3.05, 3.63) is 22.3 Å². The highest BCUT2D eigenvalue weighted by Gasteiger charge is 2.54. The van der Waals surface area contributed by atoms with Gasteiger partial charge in [0, 0.05) is 41.4 Å². The minimum atomic E-state index is -1.33. The van der Waals surface area contributed by atoms with E-state index in [1.807, 2.05) is 0 Å². The minimum Gasteiger partial charge on any atom is -0.477 e. The first-order valence-electron chi connectivity index (χ1n) is 10.3. The van der Waals surface area contributed by atoms with Gasteiger partial charge < -0.3 is 31.6 Å². The van der Waals surface area contributed by atoms with Crippen molar-refractivity contribution in [3.8, 4) is 0 Å². The molecule has 194 valence electrons. The lowest BCUT2D eigenvalue weighted by molar-refractivity contribution is -0.150. The summed E-state index contributed by atoms with van der Waals surface area (Å²) < 4.78 is 4.91. The maximum atomic E-state index is 13.0. The molecular formula is C19H23N7O7S3. The summed E-state index contributed by atoms with van der Waals surface area (Å²) in [5, 5.41) is 20.6. The van der Waals surface area contributed by atoms with E-state index in [0.29, 0.717) is 17.1 Å². The normalized spacial score (nSPS) is 19.6. The van der Waals surface area contributed by atoms with Gasteiger partial charge in [-0.3, -0.25) is 19.3 Å². The number of nitrogens with one attached hydrogen (secondary N) is 1. The first kappa shape index (κ1) is 27.3. The number of aromatic nitrogens is 1. The average Bonchev–Trinajstić information content (AvgIpc) is 3.27. The van der Waals surface area contributed by atoms with Crippen molar-refractivity contribution in [2.45, 2.75) is 18.3 Å². The Hall–Kier alpha value is -3.31. The number of oxime groups is 1. The van der Waals surface area contributed by atoms with Crippen LogP contribution < -0.4 is 16.9 Å². The molecule has 0 aromatic carbocycles. The number of hydrogen-bond acceptors (Lipinski definition) is 14. The van der Waals surface area contributed by atoms with Gasteiger partial charge in [-0.2, -0.15) is 16.9 Å². The number of fused-ring (bicyclic) bond motifs is 1. The van der Waals surface area contributed by atoms with E-state index < -0.39 is 35.2 Å². The Morgan fingerprint density at radius 1 is 1.44 bits per heavy atom. The van der Waals surface area contributed by atoms with Crippen molar-refractivity contribution < 1.29 is 33.9 Å². The van der Waals surface area contributed by atoms with E-state index in [1.165, 1.54) is 42.0 Å². The smallest absolute Gasteiger partial charge is 0.352 e. The number of carboxylic acids is 1. The molecule has 3 rings (SSSR count). The Bertz CT molecular complexity index is 1120. The fraction of sp³-hybridized carbons (Fsp3) is 0.421. The molecule has 0 saturated carbocycles. The highest BCUT2D eigenvalue weighted by atomic mass is 32.2. The number of carbonyl (C=O) groups excluding carboxylic acids is 3. The molecule has 2 aliphatic rings. The molecule has 17 heteroatoms. The van der Waals surface area contributed by atoms with E-state index in [-0.39, 0.29) is 41.2 Å². The Morgan fingerprint density at radius 3 is 2.86 bits per heavy atom. The molecule has 0 aliphatic carbocycles. The van der Waals surface area contributed by atoms with E-state index >= 15 is 0 Å². The summed E-state index contributed by atoms with van der Waals surface area (Å²) in [6.45, 7) is 1.15. The third-order valence-electron chi connectivity index (χ3n) is 4.74.